The number of para-hydroxylation sites is 2. The molecule has 13 rings (SSSR count). The molecule has 0 amide bonds. The van der Waals surface area contributed by atoms with E-state index in [4.69, 9.17) is 9.97 Å². The summed E-state index contributed by atoms with van der Waals surface area (Å²) in [4.78, 5) is 11.0. The van der Waals surface area contributed by atoms with Crippen molar-refractivity contribution in [2.75, 3.05) is 0 Å². The fourth-order valence-electron chi connectivity index (χ4n) is 10.4. The molecular weight excluding hydrogens is 717 g/mol. The van der Waals surface area contributed by atoms with Crippen molar-refractivity contribution in [2.24, 2.45) is 0 Å². The summed E-state index contributed by atoms with van der Waals surface area (Å²) in [7, 11) is 0. The van der Waals surface area contributed by atoms with Crippen LogP contribution in [0.1, 0.15) is 25.0 Å². The van der Waals surface area contributed by atoms with E-state index in [0.29, 0.717) is 5.95 Å². The molecular formula is C55H36N4. The first-order valence-corrected chi connectivity index (χ1v) is 20.4. The molecule has 1 aliphatic rings. The van der Waals surface area contributed by atoms with Crippen molar-refractivity contribution in [2.45, 2.75) is 19.3 Å². The zero-order valence-electron chi connectivity index (χ0n) is 32.6. The van der Waals surface area contributed by atoms with Gasteiger partial charge in [-0.3, -0.25) is 4.57 Å². The second kappa shape index (κ2) is 11.7. The zero-order valence-corrected chi connectivity index (χ0v) is 32.6. The van der Waals surface area contributed by atoms with Crippen molar-refractivity contribution in [3.8, 4) is 34.0 Å². The van der Waals surface area contributed by atoms with Gasteiger partial charge in [0.15, 0.2) is 0 Å². The summed E-state index contributed by atoms with van der Waals surface area (Å²) in [6.07, 6.45) is 0. The lowest BCUT2D eigenvalue weighted by Gasteiger charge is -2.22. The van der Waals surface area contributed by atoms with Crippen molar-refractivity contribution in [3.05, 3.63) is 193 Å². The van der Waals surface area contributed by atoms with Crippen molar-refractivity contribution in [3.63, 3.8) is 0 Å². The molecule has 0 spiro atoms. The molecule has 0 aliphatic heterocycles. The van der Waals surface area contributed by atoms with E-state index in [9.17, 15) is 0 Å². The number of hydrogen-bond donors (Lipinski definition) is 0. The molecule has 276 valence electrons. The first-order valence-electron chi connectivity index (χ1n) is 20.4. The average Bonchev–Trinajstić information content (AvgIpc) is 3.89. The highest BCUT2D eigenvalue weighted by atomic mass is 15.2. The molecule has 3 aromatic heterocycles. The Morgan fingerprint density at radius 3 is 1.98 bits per heavy atom. The number of fused-ring (bicyclic) bond motifs is 14. The molecule has 12 aromatic rings. The lowest BCUT2D eigenvalue weighted by molar-refractivity contribution is 0.660. The Bertz CT molecular complexity index is 3770. The van der Waals surface area contributed by atoms with E-state index in [1.165, 1.54) is 76.4 Å². The molecule has 0 radical (unpaired) electrons. The summed E-state index contributed by atoms with van der Waals surface area (Å²) in [6.45, 7) is 4.68. The van der Waals surface area contributed by atoms with Crippen LogP contribution in [-0.2, 0) is 5.41 Å². The highest BCUT2D eigenvalue weighted by Crippen LogP contribution is 2.50. The van der Waals surface area contributed by atoms with Crippen LogP contribution in [0.15, 0.2) is 182 Å². The summed E-state index contributed by atoms with van der Waals surface area (Å²) >= 11 is 0. The summed E-state index contributed by atoms with van der Waals surface area (Å²) in [6, 6.07) is 66.3. The van der Waals surface area contributed by atoms with Crippen molar-refractivity contribution < 1.29 is 0 Å². The largest absolute Gasteiger partial charge is 0.309 e. The van der Waals surface area contributed by atoms with Gasteiger partial charge in [-0.2, -0.15) is 0 Å². The molecule has 0 saturated carbocycles. The maximum atomic E-state index is 5.59. The molecule has 0 atom stereocenters. The molecule has 0 saturated heterocycles. The second-order valence-corrected chi connectivity index (χ2v) is 16.6. The van der Waals surface area contributed by atoms with Crippen LogP contribution in [-0.4, -0.2) is 19.1 Å². The monoisotopic (exact) mass is 752 g/mol. The lowest BCUT2D eigenvalue weighted by Crippen LogP contribution is -2.15. The Morgan fingerprint density at radius 1 is 0.424 bits per heavy atom. The van der Waals surface area contributed by atoms with Crippen molar-refractivity contribution in [1.29, 1.82) is 0 Å². The maximum absolute atomic E-state index is 5.59. The van der Waals surface area contributed by atoms with E-state index in [1.54, 1.807) is 0 Å². The minimum atomic E-state index is -0.129. The predicted molar refractivity (Wildman–Crippen MR) is 246 cm³/mol. The van der Waals surface area contributed by atoms with Gasteiger partial charge in [0.1, 0.15) is 0 Å². The quantitative estimate of drug-likeness (QED) is 0.180. The molecule has 3 heterocycles. The second-order valence-electron chi connectivity index (χ2n) is 16.6. The van der Waals surface area contributed by atoms with E-state index >= 15 is 0 Å². The SMILES string of the molecule is CC1(C)c2ccccc2-c2ccc(-c3nc(-n4c5cc(-n6c7ccccc7c7ccc8ccccc8c76)ccc5c5c6ccccc6ccc54)nc4ccccc34)cc21. The Kier molecular flexibility index (Phi) is 6.48. The van der Waals surface area contributed by atoms with Gasteiger partial charge in [0.05, 0.1) is 33.3 Å². The standard InChI is InChI=1S/C55H36N4/c1-55(2)45-20-10-7-17-39(45)40-27-24-35(31-46(40)55)52-43-19-8-11-21-47(43)56-54(57-52)59-49-30-25-33-13-3-5-15-37(33)51(49)44-29-26-36(32-50(44)59)58-48-22-12-9-18-41(48)42-28-23-34-14-4-6-16-38(34)53(42)58/h3-32H,1-2H3. The molecule has 59 heavy (non-hydrogen) atoms. The van der Waals surface area contributed by atoms with Gasteiger partial charge in [0.2, 0.25) is 5.95 Å². The number of benzene rings is 9. The number of nitrogens with zero attached hydrogens (tertiary/aromatic N) is 4. The summed E-state index contributed by atoms with van der Waals surface area (Å²) in [5, 5.41) is 10.8. The maximum Gasteiger partial charge on any atom is 0.235 e. The molecule has 4 nitrogen and oxygen atoms in total. The van der Waals surface area contributed by atoms with Gasteiger partial charge in [-0.05, 0) is 74.8 Å². The van der Waals surface area contributed by atoms with Crippen LogP contribution < -0.4 is 0 Å². The van der Waals surface area contributed by atoms with Crippen LogP contribution in [0.2, 0.25) is 0 Å². The molecule has 0 N–H and O–H groups in total. The van der Waals surface area contributed by atoms with Crippen LogP contribution in [0.3, 0.4) is 0 Å². The third kappa shape index (κ3) is 4.43. The normalized spacial score (nSPS) is 13.4. The Balaban J connectivity index is 1.12. The van der Waals surface area contributed by atoms with Gasteiger partial charge >= 0.3 is 0 Å². The van der Waals surface area contributed by atoms with Gasteiger partial charge in [-0.15, -0.1) is 0 Å². The summed E-state index contributed by atoms with van der Waals surface area (Å²) < 4.78 is 4.75. The fourth-order valence-corrected chi connectivity index (χ4v) is 10.4. The van der Waals surface area contributed by atoms with Gasteiger partial charge in [0.25, 0.3) is 0 Å². The molecule has 4 heteroatoms. The van der Waals surface area contributed by atoms with E-state index in [1.807, 2.05) is 0 Å². The van der Waals surface area contributed by atoms with E-state index in [0.717, 1.165) is 38.9 Å². The third-order valence-electron chi connectivity index (χ3n) is 13.1. The summed E-state index contributed by atoms with van der Waals surface area (Å²) in [5.74, 6) is 0.654. The third-order valence-corrected chi connectivity index (χ3v) is 13.1. The smallest absolute Gasteiger partial charge is 0.235 e. The Morgan fingerprint density at radius 2 is 1.10 bits per heavy atom. The molecule has 0 fully saturated rings. The predicted octanol–water partition coefficient (Wildman–Crippen LogP) is 14.1. The summed E-state index contributed by atoms with van der Waals surface area (Å²) in [5.41, 5.74) is 13.7. The topological polar surface area (TPSA) is 35.6 Å². The molecule has 0 bridgehead atoms. The van der Waals surface area contributed by atoms with E-state index < -0.39 is 0 Å². The highest BCUT2D eigenvalue weighted by molar-refractivity contribution is 6.22. The van der Waals surface area contributed by atoms with Crippen LogP contribution in [0.4, 0.5) is 0 Å². The minimum absolute atomic E-state index is 0.129. The molecule has 1 aliphatic carbocycles. The highest BCUT2D eigenvalue weighted by Gasteiger charge is 2.35. The van der Waals surface area contributed by atoms with Crippen LogP contribution in [0.5, 0.6) is 0 Å². The minimum Gasteiger partial charge on any atom is -0.309 e. The molecule has 0 unspecified atom stereocenters. The fraction of sp³-hybridized carbons (Fsp3) is 0.0545. The Hall–Kier alpha value is -7.56. The van der Waals surface area contributed by atoms with Crippen molar-refractivity contribution in [1.82, 2.24) is 19.1 Å². The zero-order chi connectivity index (χ0) is 39.0. The number of aromatic nitrogens is 4. The van der Waals surface area contributed by atoms with Crippen LogP contribution in [0.25, 0.3) is 110 Å². The van der Waals surface area contributed by atoms with E-state index in [2.05, 4.69) is 205 Å². The van der Waals surface area contributed by atoms with Gasteiger partial charge in [0, 0.05) is 49.0 Å². The van der Waals surface area contributed by atoms with Crippen molar-refractivity contribution >= 4 is 76.1 Å². The Labute approximate surface area is 340 Å². The van der Waals surface area contributed by atoms with Gasteiger partial charge in [-0.1, -0.05) is 159 Å². The number of rotatable bonds is 3. The molecule has 9 aromatic carbocycles. The number of hydrogen-bond acceptors (Lipinski definition) is 2. The first kappa shape index (κ1) is 32.5. The van der Waals surface area contributed by atoms with E-state index in [-0.39, 0.29) is 5.41 Å². The first-order chi connectivity index (χ1) is 29.0. The van der Waals surface area contributed by atoms with Crippen LogP contribution >= 0.6 is 0 Å². The van der Waals surface area contributed by atoms with Gasteiger partial charge < -0.3 is 4.57 Å². The van der Waals surface area contributed by atoms with Gasteiger partial charge in [-0.25, -0.2) is 9.97 Å². The average molecular weight is 753 g/mol. The van der Waals surface area contributed by atoms with Crippen LogP contribution in [0, 0.1) is 0 Å². The lowest BCUT2D eigenvalue weighted by atomic mass is 9.82.